The van der Waals surface area contributed by atoms with Gasteiger partial charge in [-0.15, -0.1) is 0 Å². The van der Waals surface area contributed by atoms with Gasteiger partial charge in [-0.1, -0.05) is 24.7 Å². The minimum Gasteiger partial charge on any atom is -0.349 e. The Morgan fingerprint density at radius 1 is 1.33 bits per heavy atom. The van der Waals surface area contributed by atoms with E-state index in [9.17, 15) is 4.79 Å². The van der Waals surface area contributed by atoms with Crippen LogP contribution in [0.5, 0.6) is 0 Å². The van der Waals surface area contributed by atoms with Crippen molar-refractivity contribution in [1.29, 1.82) is 0 Å². The standard InChI is InChI=1S/C11H18N2OS/c1-4-7-9-10(8-14)15-11(12-9)13(5-2)6-3/h8H,4-7H2,1-3H3. The number of rotatable bonds is 6. The number of carbonyl (C=O) groups is 1. The van der Waals surface area contributed by atoms with Gasteiger partial charge in [-0.05, 0) is 20.3 Å². The first kappa shape index (κ1) is 12.2. The Kier molecular flexibility index (Phi) is 4.75. The average molecular weight is 226 g/mol. The van der Waals surface area contributed by atoms with Gasteiger partial charge in [-0.25, -0.2) is 4.98 Å². The molecule has 0 radical (unpaired) electrons. The lowest BCUT2D eigenvalue weighted by atomic mass is 10.2. The number of aryl methyl sites for hydroxylation is 1. The number of nitrogens with zero attached hydrogens (tertiary/aromatic N) is 2. The second-order valence-corrected chi connectivity index (χ2v) is 4.36. The summed E-state index contributed by atoms with van der Waals surface area (Å²) in [5, 5.41) is 0.977. The largest absolute Gasteiger partial charge is 0.349 e. The Labute approximate surface area is 95.1 Å². The van der Waals surface area contributed by atoms with Crippen molar-refractivity contribution in [2.75, 3.05) is 18.0 Å². The molecule has 0 bridgehead atoms. The zero-order valence-electron chi connectivity index (χ0n) is 9.62. The van der Waals surface area contributed by atoms with E-state index in [4.69, 9.17) is 0 Å². The fraction of sp³-hybridized carbons (Fsp3) is 0.636. The summed E-state index contributed by atoms with van der Waals surface area (Å²) in [5.74, 6) is 0. The minimum atomic E-state index is 0.791. The van der Waals surface area contributed by atoms with Crippen LogP contribution in [0.1, 0.15) is 42.6 Å². The van der Waals surface area contributed by atoms with Gasteiger partial charge in [0.2, 0.25) is 0 Å². The molecular weight excluding hydrogens is 208 g/mol. The molecule has 0 aliphatic carbocycles. The second kappa shape index (κ2) is 5.85. The van der Waals surface area contributed by atoms with Crippen LogP contribution in [0.25, 0.3) is 0 Å². The molecule has 1 heterocycles. The third kappa shape index (κ3) is 2.78. The summed E-state index contributed by atoms with van der Waals surface area (Å²) in [6.07, 6.45) is 2.85. The number of carbonyl (C=O) groups excluding carboxylic acids is 1. The van der Waals surface area contributed by atoms with Gasteiger partial charge in [0.25, 0.3) is 0 Å². The molecule has 3 nitrogen and oxygen atoms in total. The van der Waals surface area contributed by atoms with E-state index in [1.165, 1.54) is 11.3 Å². The van der Waals surface area contributed by atoms with Gasteiger partial charge >= 0.3 is 0 Å². The Hall–Kier alpha value is -0.900. The van der Waals surface area contributed by atoms with E-state index in [1.54, 1.807) is 0 Å². The molecule has 0 fully saturated rings. The van der Waals surface area contributed by atoms with Crippen molar-refractivity contribution in [3.63, 3.8) is 0 Å². The maximum Gasteiger partial charge on any atom is 0.186 e. The van der Waals surface area contributed by atoms with Crippen LogP contribution in [-0.2, 0) is 6.42 Å². The first-order valence-corrected chi connectivity index (χ1v) is 6.28. The molecule has 0 N–H and O–H groups in total. The van der Waals surface area contributed by atoms with Crippen molar-refractivity contribution in [3.8, 4) is 0 Å². The van der Waals surface area contributed by atoms with E-state index < -0.39 is 0 Å². The summed E-state index contributed by atoms with van der Waals surface area (Å²) in [5.41, 5.74) is 0.958. The van der Waals surface area contributed by atoms with Gasteiger partial charge in [0.05, 0.1) is 10.6 Å². The van der Waals surface area contributed by atoms with Gasteiger partial charge in [0.1, 0.15) is 0 Å². The molecule has 0 spiro atoms. The van der Waals surface area contributed by atoms with Crippen LogP contribution < -0.4 is 4.90 Å². The summed E-state index contributed by atoms with van der Waals surface area (Å²) >= 11 is 1.50. The van der Waals surface area contributed by atoms with E-state index in [0.717, 1.165) is 47.9 Å². The number of hydrogen-bond acceptors (Lipinski definition) is 4. The summed E-state index contributed by atoms with van der Waals surface area (Å²) < 4.78 is 0. The molecule has 4 heteroatoms. The van der Waals surface area contributed by atoms with Crippen molar-refractivity contribution < 1.29 is 4.79 Å². The highest BCUT2D eigenvalue weighted by atomic mass is 32.1. The number of thiazole rings is 1. The topological polar surface area (TPSA) is 33.2 Å². The Balaban J connectivity index is 2.95. The number of anilines is 1. The molecule has 0 aromatic carbocycles. The Morgan fingerprint density at radius 3 is 2.47 bits per heavy atom. The van der Waals surface area contributed by atoms with Crippen molar-refractivity contribution in [1.82, 2.24) is 4.98 Å². The molecule has 1 aromatic heterocycles. The van der Waals surface area contributed by atoms with Crippen LogP contribution in [0.15, 0.2) is 0 Å². The predicted octanol–water partition coefficient (Wildman–Crippen LogP) is 2.75. The van der Waals surface area contributed by atoms with Gasteiger partial charge in [0.15, 0.2) is 11.4 Å². The van der Waals surface area contributed by atoms with E-state index in [2.05, 4.69) is 30.7 Å². The summed E-state index contributed by atoms with van der Waals surface area (Å²) in [6, 6.07) is 0. The van der Waals surface area contributed by atoms with Crippen LogP contribution in [-0.4, -0.2) is 24.4 Å². The van der Waals surface area contributed by atoms with E-state index in [1.807, 2.05) is 0 Å². The molecule has 0 atom stereocenters. The zero-order chi connectivity index (χ0) is 11.3. The molecule has 0 aliphatic heterocycles. The number of hydrogen-bond donors (Lipinski definition) is 0. The molecule has 0 amide bonds. The van der Waals surface area contributed by atoms with E-state index in [0.29, 0.717) is 0 Å². The number of aldehydes is 1. The van der Waals surface area contributed by atoms with Crippen molar-refractivity contribution in [2.24, 2.45) is 0 Å². The van der Waals surface area contributed by atoms with E-state index in [-0.39, 0.29) is 0 Å². The zero-order valence-corrected chi connectivity index (χ0v) is 10.4. The van der Waals surface area contributed by atoms with Crippen LogP contribution in [0.3, 0.4) is 0 Å². The Bertz CT molecular complexity index is 318. The molecule has 1 rings (SSSR count). The smallest absolute Gasteiger partial charge is 0.186 e. The SMILES string of the molecule is CCCc1nc(N(CC)CC)sc1C=O. The van der Waals surface area contributed by atoms with E-state index >= 15 is 0 Å². The first-order valence-electron chi connectivity index (χ1n) is 5.46. The van der Waals surface area contributed by atoms with Crippen LogP contribution >= 0.6 is 11.3 Å². The summed E-state index contributed by atoms with van der Waals surface area (Å²) in [7, 11) is 0. The van der Waals surface area contributed by atoms with Crippen molar-refractivity contribution >= 4 is 22.8 Å². The maximum atomic E-state index is 10.9. The third-order valence-electron chi connectivity index (χ3n) is 2.34. The quantitative estimate of drug-likeness (QED) is 0.699. The lowest BCUT2D eigenvalue weighted by Crippen LogP contribution is -2.21. The highest BCUT2D eigenvalue weighted by Crippen LogP contribution is 2.25. The molecule has 0 aliphatic rings. The molecule has 0 unspecified atom stereocenters. The molecular formula is C11H18N2OS. The van der Waals surface area contributed by atoms with Gasteiger partial charge in [0, 0.05) is 13.1 Å². The second-order valence-electron chi connectivity index (χ2n) is 3.35. The lowest BCUT2D eigenvalue weighted by molar-refractivity contribution is 0.112. The molecule has 1 aromatic rings. The molecule has 15 heavy (non-hydrogen) atoms. The highest BCUT2D eigenvalue weighted by molar-refractivity contribution is 7.17. The van der Waals surface area contributed by atoms with Gasteiger partial charge < -0.3 is 4.90 Å². The minimum absolute atomic E-state index is 0.791. The Morgan fingerprint density at radius 2 is 2.00 bits per heavy atom. The normalized spacial score (nSPS) is 10.3. The fourth-order valence-corrected chi connectivity index (χ4v) is 2.54. The molecule has 0 saturated carbocycles. The summed E-state index contributed by atoms with van der Waals surface area (Å²) in [6.45, 7) is 8.18. The first-order chi connectivity index (χ1) is 7.26. The van der Waals surface area contributed by atoms with Crippen molar-refractivity contribution in [2.45, 2.75) is 33.6 Å². The van der Waals surface area contributed by atoms with Crippen LogP contribution in [0.2, 0.25) is 0 Å². The molecule has 0 saturated heterocycles. The van der Waals surface area contributed by atoms with Gasteiger partial charge in [-0.3, -0.25) is 4.79 Å². The number of aromatic nitrogens is 1. The lowest BCUT2D eigenvalue weighted by Gasteiger charge is -2.16. The molecule has 84 valence electrons. The average Bonchev–Trinajstić information content (AvgIpc) is 2.64. The van der Waals surface area contributed by atoms with Crippen LogP contribution in [0, 0.1) is 0 Å². The fourth-order valence-electron chi connectivity index (χ4n) is 1.49. The van der Waals surface area contributed by atoms with Crippen molar-refractivity contribution in [3.05, 3.63) is 10.6 Å². The highest BCUT2D eigenvalue weighted by Gasteiger charge is 2.13. The summed E-state index contributed by atoms with van der Waals surface area (Å²) in [4.78, 5) is 18.4. The monoisotopic (exact) mass is 226 g/mol. The third-order valence-corrected chi connectivity index (χ3v) is 3.43. The maximum absolute atomic E-state index is 10.9. The van der Waals surface area contributed by atoms with Gasteiger partial charge in [-0.2, -0.15) is 0 Å². The predicted molar refractivity (Wildman–Crippen MR) is 65.1 cm³/mol. The van der Waals surface area contributed by atoms with Crippen LogP contribution in [0.4, 0.5) is 5.13 Å².